The average Bonchev–Trinajstić information content (AvgIpc) is 3.17. The molecule has 6 heteroatoms. The molecule has 1 aliphatic heterocycles. The van der Waals surface area contributed by atoms with Crippen molar-refractivity contribution in [2.75, 3.05) is 13.7 Å². The minimum absolute atomic E-state index is 0.0103. The summed E-state index contributed by atoms with van der Waals surface area (Å²) in [5, 5.41) is 5.81. The van der Waals surface area contributed by atoms with Gasteiger partial charge in [0.2, 0.25) is 5.91 Å². The maximum Gasteiger partial charge on any atom is 0.311 e. The van der Waals surface area contributed by atoms with Crippen LogP contribution in [0.2, 0.25) is 0 Å². The van der Waals surface area contributed by atoms with E-state index in [1.165, 1.54) is 12.1 Å². The highest BCUT2D eigenvalue weighted by Crippen LogP contribution is 2.26. The molecule has 6 nitrogen and oxygen atoms in total. The van der Waals surface area contributed by atoms with Crippen molar-refractivity contribution in [3.05, 3.63) is 60.2 Å². The first kappa shape index (κ1) is 17.7. The number of hydrogen-bond donors (Lipinski definition) is 0. The highest BCUT2D eigenvalue weighted by atomic mass is 16.6. The van der Waals surface area contributed by atoms with Gasteiger partial charge in [-0.1, -0.05) is 42.5 Å². The van der Waals surface area contributed by atoms with Gasteiger partial charge in [0.1, 0.15) is 0 Å². The third-order valence-electron chi connectivity index (χ3n) is 4.03. The molecule has 0 atom stereocenters. The molecule has 0 saturated carbocycles. The molecule has 0 saturated heterocycles. The summed E-state index contributed by atoms with van der Waals surface area (Å²) in [4.78, 5) is 24.3. The van der Waals surface area contributed by atoms with Gasteiger partial charge in [-0.3, -0.25) is 9.59 Å². The van der Waals surface area contributed by atoms with Crippen molar-refractivity contribution in [3.8, 4) is 11.5 Å². The average molecular weight is 352 g/mol. The van der Waals surface area contributed by atoms with E-state index < -0.39 is 5.97 Å². The Morgan fingerprint density at radius 3 is 2.42 bits per heavy atom. The third-order valence-corrected chi connectivity index (χ3v) is 4.03. The summed E-state index contributed by atoms with van der Waals surface area (Å²) < 4.78 is 10.4. The Balaban J connectivity index is 1.53. The van der Waals surface area contributed by atoms with Crippen LogP contribution in [-0.4, -0.2) is 36.3 Å². The fourth-order valence-electron chi connectivity index (χ4n) is 2.69. The summed E-state index contributed by atoms with van der Waals surface area (Å²) in [7, 11) is 1.51. The Morgan fingerprint density at radius 2 is 1.69 bits per heavy atom. The van der Waals surface area contributed by atoms with Crippen LogP contribution >= 0.6 is 0 Å². The standard InChI is InChI=1S/C20H20N2O4/c1-25-17-9-5-6-10-18(17)26-20(24)12-11-19(23)22-14-13-16(21-22)15-7-3-2-4-8-15/h2-10H,11-14H2,1H3. The van der Waals surface area contributed by atoms with Crippen LogP contribution in [0.1, 0.15) is 24.8 Å². The van der Waals surface area contributed by atoms with Crippen molar-refractivity contribution < 1.29 is 19.1 Å². The van der Waals surface area contributed by atoms with Crippen molar-refractivity contribution in [2.45, 2.75) is 19.3 Å². The summed E-state index contributed by atoms with van der Waals surface area (Å²) in [5.74, 6) is 0.157. The summed E-state index contributed by atoms with van der Waals surface area (Å²) in [6.07, 6.45) is 0.755. The molecule has 134 valence electrons. The minimum Gasteiger partial charge on any atom is -0.493 e. The van der Waals surface area contributed by atoms with Crippen molar-refractivity contribution >= 4 is 17.6 Å². The molecule has 0 aliphatic carbocycles. The van der Waals surface area contributed by atoms with Crippen LogP contribution in [0.15, 0.2) is 59.7 Å². The van der Waals surface area contributed by atoms with Gasteiger partial charge in [-0.15, -0.1) is 0 Å². The van der Waals surface area contributed by atoms with Crippen LogP contribution in [0.5, 0.6) is 11.5 Å². The van der Waals surface area contributed by atoms with Gasteiger partial charge in [0, 0.05) is 12.8 Å². The number of para-hydroxylation sites is 2. The Labute approximate surface area is 152 Å². The maximum absolute atomic E-state index is 12.3. The number of hydrogen-bond acceptors (Lipinski definition) is 5. The van der Waals surface area contributed by atoms with Crippen LogP contribution < -0.4 is 9.47 Å². The van der Waals surface area contributed by atoms with E-state index in [2.05, 4.69) is 5.10 Å². The van der Waals surface area contributed by atoms with E-state index in [9.17, 15) is 9.59 Å². The Bertz CT molecular complexity index is 818. The van der Waals surface area contributed by atoms with Gasteiger partial charge < -0.3 is 9.47 Å². The molecular formula is C20H20N2O4. The first-order valence-electron chi connectivity index (χ1n) is 8.44. The van der Waals surface area contributed by atoms with Gasteiger partial charge in [0.15, 0.2) is 11.5 Å². The molecular weight excluding hydrogens is 332 g/mol. The molecule has 2 aromatic carbocycles. The number of amides is 1. The Morgan fingerprint density at radius 1 is 1.00 bits per heavy atom. The first-order chi connectivity index (χ1) is 12.7. The van der Waals surface area contributed by atoms with E-state index in [4.69, 9.17) is 9.47 Å². The van der Waals surface area contributed by atoms with Crippen molar-refractivity contribution in [3.63, 3.8) is 0 Å². The number of esters is 1. The quantitative estimate of drug-likeness (QED) is 0.592. The number of carbonyl (C=O) groups is 2. The summed E-state index contributed by atoms with van der Waals surface area (Å²) in [6.45, 7) is 0.532. The zero-order chi connectivity index (χ0) is 18.4. The zero-order valence-electron chi connectivity index (χ0n) is 14.6. The third kappa shape index (κ3) is 4.27. The maximum atomic E-state index is 12.3. The molecule has 3 rings (SSSR count). The van der Waals surface area contributed by atoms with Crippen molar-refractivity contribution in [2.24, 2.45) is 5.10 Å². The summed E-state index contributed by atoms with van der Waals surface area (Å²) in [6, 6.07) is 16.7. The molecule has 0 bridgehead atoms. The van der Waals surface area contributed by atoms with Crippen LogP contribution in [0.4, 0.5) is 0 Å². The van der Waals surface area contributed by atoms with Crippen LogP contribution in [-0.2, 0) is 9.59 Å². The van der Waals surface area contributed by atoms with Crippen LogP contribution in [0.3, 0.4) is 0 Å². The van der Waals surface area contributed by atoms with Gasteiger partial charge in [-0.2, -0.15) is 5.10 Å². The minimum atomic E-state index is -0.477. The highest BCUT2D eigenvalue weighted by molar-refractivity contribution is 6.02. The second kappa shape index (κ2) is 8.29. The van der Waals surface area contributed by atoms with Gasteiger partial charge >= 0.3 is 5.97 Å². The number of benzene rings is 2. The number of methoxy groups -OCH3 is 1. The number of rotatable bonds is 6. The lowest BCUT2D eigenvalue weighted by atomic mass is 10.1. The molecule has 2 aromatic rings. The molecule has 0 aromatic heterocycles. The molecule has 1 amide bonds. The molecule has 1 aliphatic rings. The lowest BCUT2D eigenvalue weighted by molar-refractivity contribution is -0.138. The predicted octanol–water partition coefficient (Wildman–Crippen LogP) is 3.02. The number of nitrogens with zero attached hydrogens (tertiary/aromatic N) is 2. The van der Waals surface area contributed by atoms with Crippen LogP contribution in [0.25, 0.3) is 0 Å². The fraction of sp³-hybridized carbons (Fsp3) is 0.250. The van der Waals surface area contributed by atoms with Gasteiger partial charge in [0.25, 0.3) is 0 Å². The number of ether oxygens (including phenoxy) is 2. The van der Waals surface area contributed by atoms with E-state index >= 15 is 0 Å². The first-order valence-corrected chi connectivity index (χ1v) is 8.44. The lowest BCUT2D eigenvalue weighted by Crippen LogP contribution is -2.24. The topological polar surface area (TPSA) is 68.2 Å². The van der Waals surface area contributed by atoms with Gasteiger partial charge in [-0.25, -0.2) is 5.01 Å². The van der Waals surface area contributed by atoms with Crippen molar-refractivity contribution in [1.29, 1.82) is 0 Å². The largest absolute Gasteiger partial charge is 0.493 e. The van der Waals surface area contributed by atoms with Gasteiger partial charge in [-0.05, 0) is 17.7 Å². The lowest BCUT2D eigenvalue weighted by Gasteiger charge is -2.11. The van der Waals surface area contributed by atoms with E-state index in [0.717, 1.165) is 11.3 Å². The highest BCUT2D eigenvalue weighted by Gasteiger charge is 2.22. The van der Waals surface area contributed by atoms with E-state index in [1.807, 2.05) is 30.3 Å². The Hall–Kier alpha value is -3.15. The smallest absolute Gasteiger partial charge is 0.311 e. The van der Waals surface area contributed by atoms with E-state index in [1.54, 1.807) is 24.3 Å². The molecule has 26 heavy (non-hydrogen) atoms. The molecule has 0 unspecified atom stereocenters. The SMILES string of the molecule is COc1ccccc1OC(=O)CCC(=O)N1CCC(c2ccccc2)=N1. The van der Waals surface area contributed by atoms with Crippen molar-refractivity contribution in [1.82, 2.24) is 5.01 Å². The normalized spacial score (nSPS) is 13.3. The molecule has 0 radical (unpaired) electrons. The monoisotopic (exact) mass is 352 g/mol. The Kier molecular flexibility index (Phi) is 5.63. The summed E-state index contributed by atoms with van der Waals surface area (Å²) >= 11 is 0. The van der Waals surface area contributed by atoms with Gasteiger partial charge in [0.05, 0.1) is 25.8 Å². The molecule has 0 N–H and O–H groups in total. The fourth-order valence-corrected chi connectivity index (χ4v) is 2.69. The second-order valence-electron chi connectivity index (χ2n) is 5.80. The summed E-state index contributed by atoms with van der Waals surface area (Å²) in [5.41, 5.74) is 1.90. The van der Waals surface area contributed by atoms with E-state index in [-0.39, 0.29) is 18.7 Å². The molecule has 0 spiro atoms. The van der Waals surface area contributed by atoms with E-state index in [0.29, 0.717) is 24.5 Å². The zero-order valence-corrected chi connectivity index (χ0v) is 14.6. The van der Waals surface area contributed by atoms with Crippen LogP contribution in [0, 0.1) is 0 Å². The molecule has 1 heterocycles. The molecule has 0 fully saturated rings. The number of carbonyl (C=O) groups excluding carboxylic acids is 2. The number of hydrazone groups is 1. The second-order valence-corrected chi connectivity index (χ2v) is 5.80. The predicted molar refractivity (Wildman–Crippen MR) is 97.2 cm³/mol.